The summed E-state index contributed by atoms with van der Waals surface area (Å²) >= 11 is 1.94. The zero-order chi connectivity index (χ0) is 13.8. The summed E-state index contributed by atoms with van der Waals surface area (Å²) in [5, 5.41) is 0. The standard InChI is InChI=1S/C15H32N2S/c1-13(8-11-18-5)17(4)15(12-16)10-7-6-9-14(15,2)3/h13H,6-12,16H2,1-5H3. The molecule has 2 atom stereocenters. The van der Waals surface area contributed by atoms with Gasteiger partial charge in [0.1, 0.15) is 0 Å². The second-order valence-corrected chi connectivity index (χ2v) is 7.55. The summed E-state index contributed by atoms with van der Waals surface area (Å²) in [5.41, 5.74) is 6.77. The van der Waals surface area contributed by atoms with Crippen LogP contribution in [0.1, 0.15) is 52.9 Å². The van der Waals surface area contributed by atoms with E-state index in [0.717, 1.165) is 6.54 Å². The van der Waals surface area contributed by atoms with Crippen LogP contribution < -0.4 is 5.73 Å². The van der Waals surface area contributed by atoms with Gasteiger partial charge >= 0.3 is 0 Å². The number of rotatable bonds is 6. The van der Waals surface area contributed by atoms with Gasteiger partial charge < -0.3 is 5.73 Å². The van der Waals surface area contributed by atoms with E-state index < -0.39 is 0 Å². The number of hydrogen-bond donors (Lipinski definition) is 1. The third-order valence-electron chi connectivity index (χ3n) is 5.32. The van der Waals surface area contributed by atoms with Crippen LogP contribution in [0, 0.1) is 5.41 Å². The fraction of sp³-hybridized carbons (Fsp3) is 1.00. The summed E-state index contributed by atoms with van der Waals surface area (Å²) in [6.45, 7) is 7.98. The van der Waals surface area contributed by atoms with Crippen molar-refractivity contribution < 1.29 is 0 Å². The molecular formula is C15H32N2S. The SMILES string of the molecule is CSCCC(C)N(C)C1(CN)CCCCC1(C)C. The van der Waals surface area contributed by atoms with E-state index >= 15 is 0 Å². The van der Waals surface area contributed by atoms with Crippen molar-refractivity contribution >= 4 is 11.8 Å². The fourth-order valence-electron chi connectivity index (χ4n) is 3.64. The number of nitrogens with two attached hydrogens (primary N) is 1. The minimum Gasteiger partial charge on any atom is -0.329 e. The van der Waals surface area contributed by atoms with Gasteiger partial charge in [0.15, 0.2) is 0 Å². The second-order valence-electron chi connectivity index (χ2n) is 6.57. The van der Waals surface area contributed by atoms with E-state index in [1.807, 2.05) is 11.8 Å². The van der Waals surface area contributed by atoms with Gasteiger partial charge in [-0.15, -0.1) is 0 Å². The Morgan fingerprint density at radius 2 is 1.89 bits per heavy atom. The van der Waals surface area contributed by atoms with Crippen molar-refractivity contribution in [3.8, 4) is 0 Å². The van der Waals surface area contributed by atoms with Crippen molar-refractivity contribution in [1.29, 1.82) is 0 Å². The molecule has 0 aromatic heterocycles. The largest absolute Gasteiger partial charge is 0.329 e. The third-order valence-corrected chi connectivity index (χ3v) is 5.96. The molecule has 0 aromatic carbocycles. The molecule has 18 heavy (non-hydrogen) atoms. The molecule has 0 saturated heterocycles. The van der Waals surface area contributed by atoms with E-state index in [1.54, 1.807) is 0 Å². The first-order valence-corrected chi connectivity index (χ1v) is 8.72. The molecule has 0 amide bonds. The highest BCUT2D eigenvalue weighted by Crippen LogP contribution is 2.47. The van der Waals surface area contributed by atoms with Gasteiger partial charge in [-0.25, -0.2) is 0 Å². The van der Waals surface area contributed by atoms with E-state index in [4.69, 9.17) is 5.73 Å². The number of hydrogen-bond acceptors (Lipinski definition) is 3. The van der Waals surface area contributed by atoms with E-state index in [9.17, 15) is 0 Å². The molecule has 0 spiro atoms. The summed E-state index contributed by atoms with van der Waals surface area (Å²) in [7, 11) is 2.30. The lowest BCUT2D eigenvalue weighted by Crippen LogP contribution is -2.64. The zero-order valence-corrected chi connectivity index (χ0v) is 13.8. The first-order chi connectivity index (χ1) is 8.41. The predicted molar refractivity (Wildman–Crippen MR) is 84.3 cm³/mol. The minimum atomic E-state index is 0.197. The van der Waals surface area contributed by atoms with Crippen LogP contribution in [0.3, 0.4) is 0 Å². The van der Waals surface area contributed by atoms with Gasteiger partial charge in [0.05, 0.1) is 0 Å². The first kappa shape index (κ1) is 16.3. The smallest absolute Gasteiger partial charge is 0.0382 e. The molecule has 2 N–H and O–H groups in total. The van der Waals surface area contributed by atoms with Gasteiger partial charge in [-0.05, 0) is 50.7 Å². The Morgan fingerprint density at radius 1 is 1.28 bits per heavy atom. The highest BCUT2D eigenvalue weighted by atomic mass is 32.2. The van der Waals surface area contributed by atoms with Crippen LogP contribution in [0.5, 0.6) is 0 Å². The molecule has 0 radical (unpaired) electrons. The average Bonchev–Trinajstić information content (AvgIpc) is 2.35. The van der Waals surface area contributed by atoms with Gasteiger partial charge in [-0.3, -0.25) is 4.90 Å². The van der Waals surface area contributed by atoms with Crippen LogP contribution in [-0.2, 0) is 0 Å². The first-order valence-electron chi connectivity index (χ1n) is 7.33. The highest BCUT2D eigenvalue weighted by Gasteiger charge is 2.49. The maximum absolute atomic E-state index is 6.23. The van der Waals surface area contributed by atoms with Crippen LogP contribution in [0.15, 0.2) is 0 Å². The number of likely N-dealkylation sites (N-methyl/N-ethyl adjacent to an activating group) is 1. The van der Waals surface area contributed by atoms with Crippen LogP contribution in [0.4, 0.5) is 0 Å². The Kier molecular flexibility index (Phi) is 6.01. The number of nitrogens with zero attached hydrogens (tertiary/aromatic N) is 1. The molecule has 0 aliphatic heterocycles. The van der Waals surface area contributed by atoms with Crippen molar-refractivity contribution in [3.63, 3.8) is 0 Å². The molecule has 0 heterocycles. The Bertz CT molecular complexity index is 255. The molecule has 1 aliphatic carbocycles. The van der Waals surface area contributed by atoms with Crippen molar-refractivity contribution in [1.82, 2.24) is 4.90 Å². The maximum Gasteiger partial charge on any atom is 0.0382 e. The van der Waals surface area contributed by atoms with E-state index in [0.29, 0.717) is 11.5 Å². The van der Waals surface area contributed by atoms with E-state index in [2.05, 4.69) is 39.0 Å². The molecule has 1 fully saturated rings. The Labute approximate surface area is 118 Å². The van der Waals surface area contributed by atoms with Crippen LogP contribution in [0.2, 0.25) is 0 Å². The Hall–Kier alpha value is 0.270. The predicted octanol–water partition coefficient (Wildman–Crippen LogP) is 3.36. The summed E-state index contributed by atoms with van der Waals surface area (Å²) < 4.78 is 0. The van der Waals surface area contributed by atoms with Gasteiger partial charge in [-0.2, -0.15) is 11.8 Å². The molecule has 2 nitrogen and oxygen atoms in total. The highest BCUT2D eigenvalue weighted by molar-refractivity contribution is 7.98. The zero-order valence-electron chi connectivity index (χ0n) is 13.0. The summed E-state index contributed by atoms with van der Waals surface area (Å²) in [6.07, 6.45) is 8.72. The van der Waals surface area contributed by atoms with Crippen LogP contribution in [-0.4, -0.2) is 42.1 Å². The summed E-state index contributed by atoms with van der Waals surface area (Å²) in [4.78, 5) is 2.60. The molecule has 1 aliphatic rings. The minimum absolute atomic E-state index is 0.197. The molecule has 3 heteroatoms. The van der Waals surface area contributed by atoms with E-state index in [1.165, 1.54) is 37.9 Å². The number of thioether (sulfide) groups is 1. The topological polar surface area (TPSA) is 29.3 Å². The van der Waals surface area contributed by atoms with Crippen molar-refractivity contribution in [2.45, 2.75) is 64.5 Å². The maximum atomic E-state index is 6.23. The lowest BCUT2D eigenvalue weighted by atomic mass is 9.62. The lowest BCUT2D eigenvalue weighted by molar-refractivity contribution is -0.0486. The van der Waals surface area contributed by atoms with Crippen LogP contribution in [0.25, 0.3) is 0 Å². The lowest BCUT2D eigenvalue weighted by Gasteiger charge is -2.56. The molecule has 1 rings (SSSR count). The van der Waals surface area contributed by atoms with Gasteiger partial charge in [0.2, 0.25) is 0 Å². The van der Waals surface area contributed by atoms with Gasteiger partial charge in [-0.1, -0.05) is 26.7 Å². The molecule has 108 valence electrons. The third kappa shape index (κ3) is 3.05. The quantitative estimate of drug-likeness (QED) is 0.804. The average molecular weight is 273 g/mol. The summed E-state index contributed by atoms with van der Waals surface area (Å²) in [5.74, 6) is 1.24. The molecular weight excluding hydrogens is 240 g/mol. The van der Waals surface area contributed by atoms with Gasteiger partial charge in [0, 0.05) is 18.1 Å². The summed E-state index contributed by atoms with van der Waals surface area (Å²) in [6, 6.07) is 0.623. The molecule has 0 bridgehead atoms. The normalized spacial score (nSPS) is 29.5. The second kappa shape index (κ2) is 6.62. The Balaban J connectivity index is 2.84. The molecule has 0 aromatic rings. The Morgan fingerprint density at radius 3 is 2.39 bits per heavy atom. The molecule has 2 unspecified atom stereocenters. The van der Waals surface area contributed by atoms with Gasteiger partial charge in [0.25, 0.3) is 0 Å². The fourth-order valence-corrected chi connectivity index (χ4v) is 4.21. The monoisotopic (exact) mass is 272 g/mol. The van der Waals surface area contributed by atoms with Crippen LogP contribution >= 0.6 is 11.8 Å². The molecule has 1 saturated carbocycles. The van der Waals surface area contributed by atoms with E-state index in [-0.39, 0.29) is 5.54 Å². The van der Waals surface area contributed by atoms with Crippen molar-refractivity contribution in [2.75, 3.05) is 25.6 Å². The van der Waals surface area contributed by atoms with Crippen molar-refractivity contribution in [3.05, 3.63) is 0 Å². The van der Waals surface area contributed by atoms with Crippen molar-refractivity contribution in [2.24, 2.45) is 11.1 Å².